The Kier molecular flexibility index (Phi) is 6.67. The maximum absolute atomic E-state index is 12.3. The molecule has 0 spiro atoms. The molecule has 2 saturated heterocycles. The van der Waals surface area contributed by atoms with Crippen LogP contribution >= 0.6 is 0 Å². The lowest BCUT2D eigenvalue weighted by Crippen LogP contribution is -2.47. The first-order valence-corrected chi connectivity index (χ1v) is 10.9. The number of hydrogen-bond donors (Lipinski definition) is 3. The number of aryl methyl sites for hydroxylation is 1. The van der Waals surface area contributed by atoms with Gasteiger partial charge in [0.05, 0.1) is 31.3 Å². The van der Waals surface area contributed by atoms with Gasteiger partial charge in [-0.15, -0.1) is 0 Å². The van der Waals surface area contributed by atoms with E-state index in [-0.39, 0.29) is 17.5 Å². The molecule has 0 radical (unpaired) electrons. The van der Waals surface area contributed by atoms with Crippen LogP contribution in [0, 0.1) is 12.3 Å². The Morgan fingerprint density at radius 2 is 2.29 bits per heavy atom. The van der Waals surface area contributed by atoms with Crippen LogP contribution in [0.25, 0.3) is 11.3 Å². The van der Waals surface area contributed by atoms with E-state index in [1.807, 2.05) is 25.1 Å². The molecule has 2 aliphatic rings. The molecular formula is C23H31N5O3. The van der Waals surface area contributed by atoms with Crippen LogP contribution in [0.15, 0.2) is 30.6 Å². The smallest absolute Gasteiger partial charge is 0.320 e. The number of urea groups is 1. The number of piperidine rings is 1. The molecule has 1 aromatic carbocycles. The number of ether oxygens (including phenoxy) is 2. The van der Waals surface area contributed by atoms with Crippen LogP contribution in [0.4, 0.5) is 10.6 Å². The summed E-state index contributed by atoms with van der Waals surface area (Å²) in [7, 11) is 0. The van der Waals surface area contributed by atoms with E-state index in [0.717, 1.165) is 62.4 Å². The van der Waals surface area contributed by atoms with Gasteiger partial charge in [0.2, 0.25) is 0 Å². The van der Waals surface area contributed by atoms with Crippen molar-refractivity contribution >= 4 is 11.8 Å². The first kappa shape index (κ1) is 21.5. The maximum Gasteiger partial charge on any atom is 0.320 e. The average molecular weight is 426 g/mol. The topological polar surface area (TPSA) is 97.4 Å². The van der Waals surface area contributed by atoms with E-state index < -0.39 is 0 Å². The van der Waals surface area contributed by atoms with E-state index in [1.54, 1.807) is 12.4 Å². The number of carbonyl (C=O) groups excluding carboxylic acids is 1. The Labute approximate surface area is 183 Å². The lowest BCUT2D eigenvalue weighted by atomic mass is 9.91. The van der Waals surface area contributed by atoms with E-state index >= 15 is 0 Å². The quantitative estimate of drug-likeness (QED) is 0.658. The molecule has 2 amide bonds. The average Bonchev–Trinajstić information content (AvgIpc) is 3.20. The minimum absolute atomic E-state index is 0.0743. The molecule has 1 aromatic heterocycles. The molecule has 0 aliphatic carbocycles. The molecule has 8 nitrogen and oxygen atoms in total. The number of rotatable bonds is 6. The second-order valence-electron chi connectivity index (χ2n) is 8.81. The van der Waals surface area contributed by atoms with Crippen LogP contribution in [0.1, 0.15) is 31.7 Å². The highest BCUT2D eigenvalue weighted by molar-refractivity contribution is 5.88. The van der Waals surface area contributed by atoms with Crippen molar-refractivity contribution in [2.24, 2.45) is 5.41 Å². The fraction of sp³-hybridized carbons (Fsp3) is 0.522. The van der Waals surface area contributed by atoms with Gasteiger partial charge in [-0.3, -0.25) is 10.3 Å². The van der Waals surface area contributed by atoms with Gasteiger partial charge in [-0.2, -0.15) is 0 Å². The van der Waals surface area contributed by atoms with Gasteiger partial charge in [-0.1, -0.05) is 6.92 Å². The number of carbonyl (C=O) groups is 1. The minimum Gasteiger partial charge on any atom is -0.493 e. The van der Waals surface area contributed by atoms with Crippen molar-refractivity contribution < 1.29 is 14.3 Å². The molecule has 2 aliphatic heterocycles. The van der Waals surface area contributed by atoms with Gasteiger partial charge in [0.25, 0.3) is 0 Å². The fourth-order valence-corrected chi connectivity index (χ4v) is 3.92. The maximum atomic E-state index is 12.3. The van der Waals surface area contributed by atoms with Gasteiger partial charge >= 0.3 is 6.03 Å². The summed E-state index contributed by atoms with van der Waals surface area (Å²) in [5, 5.41) is 9.05. The third kappa shape index (κ3) is 5.71. The van der Waals surface area contributed by atoms with Gasteiger partial charge in [0.15, 0.2) is 5.82 Å². The van der Waals surface area contributed by atoms with Gasteiger partial charge in [0.1, 0.15) is 5.75 Å². The lowest BCUT2D eigenvalue weighted by Gasteiger charge is -2.23. The molecule has 0 saturated carbocycles. The Hall–Kier alpha value is -2.71. The molecule has 0 bridgehead atoms. The van der Waals surface area contributed by atoms with E-state index in [1.165, 1.54) is 0 Å². The molecule has 2 aromatic rings. The summed E-state index contributed by atoms with van der Waals surface area (Å²) >= 11 is 0. The first-order valence-electron chi connectivity index (χ1n) is 10.9. The summed E-state index contributed by atoms with van der Waals surface area (Å²) in [5.74, 6) is 1.28. The highest BCUT2D eigenvalue weighted by Gasteiger charge is 2.30. The second-order valence-corrected chi connectivity index (χ2v) is 8.81. The van der Waals surface area contributed by atoms with Crippen molar-refractivity contribution in [1.82, 2.24) is 20.6 Å². The van der Waals surface area contributed by atoms with Crippen LogP contribution < -0.4 is 20.7 Å². The number of benzene rings is 1. The number of hydrogen-bond acceptors (Lipinski definition) is 6. The third-order valence-electron chi connectivity index (χ3n) is 5.86. The minimum atomic E-state index is -0.260. The van der Waals surface area contributed by atoms with Gasteiger partial charge in [-0.05, 0) is 56.5 Å². The Bertz CT molecular complexity index is 908. The zero-order valence-corrected chi connectivity index (χ0v) is 18.2. The largest absolute Gasteiger partial charge is 0.493 e. The number of aromatic nitrogens is 2. The molecule has 3 N–H and O–H groups in total. The van der Waals surface area contributed by atoms with Crippen molar-refractivity contribution in [1.29, 1.82) is 0 Å². The lowest BCUT2D eigenvalue weighted by molar-refractivity contribution is 0.117. The molecular weight excluding hydrogens is 394 g/mol. The standard InChI is InChI=1S/C23H31N5O3/c1-16-10-17(5-6-20(16)31-15-23(2)7-9-30-14-23)19-12-25-13-21(27-19)28-22(29)26-18-4-3-8-24-11-18/h5-6,10,12-13,18,24H,3-4,7-9,11,14-15H2,1-2H3,(H2,26,27,28,29)/t18-,23-/m0/s1. The summed E-state index contributed by atoms with van der Waals surface area (Å²) in [6.45, 7) is 8.19. The molecule has 166 valence electrons. The molecule has 2 fully saturated rings. The predicted molar refractivity (Wildman–Crippen MR) is 119 cm³/mol. The number of nitrogens with zero attached hydrogens (tertiary/aromatic N) is 2. The third-order valence-corrected chi connectivity index (χ3v) is 5.86. The summed E-state index contributed by atoms with van der Waals surface area (Å²) < 4.78 is 11.6. The molecule has 8 heteroatoms. The molecule has 0 unspecified atom stereocenters. The zero-order chi connectivity index (χ0) is 21.7. The van der Waals surface area contributed by atoms with E-state index in [0.29, 0.717) is 18.1 Å². The van der Waals surface area contributed by atoms with Crippen molar-refractivity contribution in [2.75, 3.05) is 38.2 Å². The summed E-state index contributed by atoms with van der Waals surface area (Å²) in [4.78, 5) is 21.1. The van der Waals surface area contributed by atoms with E-state index in [9.17, 15) is 4.79 Å². The van der Waals surface area contributed by atoms with Gasteiger partial charge in [-0.25, -0.2) is 9.78 Å². The Morgan fingerprint density at radius 1 is 1.39 bits per heavy atom. The van der Waals surface area contributed by atoms with Crippen molar-refractivity contribution in [3.8, 4) is 17.0 Å². The number of nitrogens with one attached hydrogen (secondary N) is 3. The van der Waals surface area contributed by atoms with Crippen molar-refractivity contribution in [3.63, 3.8) is 0 Å². The first-order chi connectivity index (χ1) is 15.0. The summed E-state index contributed by atoms with van der Waals surface area (Å²) in [5.41, 5.74) is 2.73. The molecule has 2 atom stereocenters. The number of amides is 2. The van der Waals surface area contributed by atoms with Crippen LogP contribution in [-0.4, -0.2) is 55.0 Å². The van der Waals surface area contributed by atoms with Gasteiger partial charge < -0.3 is 20.1 Å². The predicted octanol–water partition coefficient (Wildman–Crippen LogP) is 3.13. The van der Waals surface area contributed by atoms with Crippen molar-refractivity contribution in [2.45, 2.75) is 39.2 Å². The Morgan fingerprint density at radius 3 is 3.03 bits per heavy atom. The van der Waals surface area contributed by atoms with Crippen LogP contribution in [0.2, 0.25) is 0 Å². The summed E-state index contributed by atoms with van der Waals surface area (Å²) in [6, 6.07) is 5.85. The summed E-state index contributed by atoms with van der Waals surface area (Å²) in [6.07, 6.45) is 6.31. The highest BCUT2D eigenvalue weighted by atomic mass is 16.5. The van der Waals surface area contributed by atoms with Crippen molar-refractivity contribution in [3.05, 3.63) is 36.2 Å². The van der Waals surface area contributed by atoms with E-state index in [2.05, 4.69) is 32.8 Å². The highest BCUT2D eigenvalue weighted by Crippen LogP contribution is 2.31. The zero-order valence-electron chi connectivity index (χ0n) is 18.2. The SMILES string of the molecule is Cc1cc(-c2cncc(NC(=O)N[C@H]3CCCNC3)n2)ccc1OC[C@@]1(C)CCOC1. The monoisotopic (exact) mass is 425 g/mol. The Balaban J connectivity index is 1.38. The normalized spacial score (nSPS) is 23.4. The van der Waals surface area contributed by atoms with E-state index in [4.69, 9.17) is 9.47 Å². The molecule has 31 heavy (non-hydrogen) atoms. The fourth-order valence-electron chi connectivity index (χ4n) is 3.92. The van der Waals surface area contributed by atoms with Crippen LogP contribution in [0.5, 0.6) is 5.75 Å². The van der Waals surface area contributed by atoms with Crippen LogP contribution in [0.3, 0.4) is 0 Å². The van der Waals surface area contributed by atoms with Crippen LogP contribution in [-0.2, 0) is 4.74 Å². The molecule has 3 heterocycles. The number of anilines is 1. The second kappa shape index (κ2) is 9.62. The molecule has 4 rings (SSSR count). The van der Waals surface area contributed by atoms with Gasteiger partial charge in [0, 0.05) is 30.2 Å².